The summed E-state index contributed by atoms with van der Waals surface area (Å²) < 4.78 is 8.31. The van der Waals surface area contributed by atoms with E-state index in [1.165, 1.54) is 11.1 Å². The lowest BCUT2D eigenvalue weighted by atomic mass is 10.2. The first-order valence-electron chi connectivity index (χ1n) is 12.2. The van der Waals surface area contributed by atoms with Gasteiger partial charge >= 0.3 is 0 Å². The number of fused-ring (bicyclic) bond motifs is 1. The van der Waals surface area contributed by atoms with Gasteiger partial charge < -0.3 is 14.6 Å². The second-order valence-corrected chi connectivity index (χ2v) is 8.74. The van der Waals surface area contributed by atoms with E-state index in [4.69, 9.17) is 9.72 Å². The molecule has 0 unspecified atom stereocenters. The third-order valence-corrected chi connectivity index (χ3v) is 6.18. The highest BCUT2D eigenvalue weighted by Crippen LogP contribution is 2.28. The molecule has 4 rings (SSSR count). The van der Waals surface area contributed by atoms with Gasteiger partial charge in [-0.25, -0.2) is 4.98 Å². The normalized spacial score (nSPS) is 13.4. The Morgan fingerprint density at radius 3 is 2.66 bits per heavy atom. The van der Waals surface area contributed by atoms with Gasteiger partial charge in [-0.1, -0.05) is 37.6 Å². The molecule has 1 amide bonds. The fourth-order valence-corrected chi connectivity index (χ4v) is 4.09. The predicted molar refractivity (Wildman–Crippen MR) is 129 cm³/mol. The summed E-state index contributed by atoms with van der Waals surface area (Å²) in [4.78, 5) is 16.6. The van der Waals surface area contributed by atoms with Crippen LogP contribution in [0.1, 0.15) is 56.8 Å². The number of aryl methyl sites for hydroxylation is 3. The van der Waals surface area contributed by atoms with Crippen LogP contribution >= 0.6 is 0 Å². The minimum absolute atomic E-state index is 0.246. The molecule has 32 heavy (non-hydrogen) atoms. The maximum atomic E-state index is 11.7. The average Bonchev–Trinajstić information content (AvgIpc) is 3.62. The van der Waals surface area contributed by atoms with E-state index in [9.17, 15) is 4.79 Å². The Labute approximate surface area is 191 Å². The molecule has 0 bridgehead atoms. The molecule has 0 aliphatic heterocycles. The van der Waals surface area contributed by atoms with Gasteiger partial charge in [0.1, 0.15) is 11.6 Å². The van der Waals surface area contributed by atoms with Gasteiger partial charge in [0.05, 0.1) is 17.6 Å². The molecule has 1 aromatic heterocycles. The summed E-state index contributed by atoms with van der Waals surface area (Å²) in [5, 5.41) is 3.06. The average molecular weight is 434 g/mol. The van der Waals surface area contributed by atoms with Crippen molar-refractivity contribution in [1.29, 1.82) is 0 Å². The summed E-state index contributed by atoms with van der Waals surface area (Å²) in [6.45, 7) is 4.55. The van der Waals surface area contributed by atoms with E-state index >= 15 is 0 Å². The van der Waals surface area contributed by atoms with Crippen molar-refractivity contribution in [3.63, 3.8) is 0 Å². The number of carbonyl (C=O) groups excluding carboxylic acids is 1. The van der Waals surface area contributed by atoms with Crippen molar-refractivity contribution in [3.8, 4) is 5.75 Å². The third kappa shape index (κ3) is 6.12. The molecule has 0 saturated heterocycles. The zero-order chi connectivity index (χ0) is 22.2. The Morgan fingerprint density at radius 2 is 1.88 bits per heavy atom. The van der Waals surface area contributed by atoms with Gasteiger partial charge in [0.25, 0.3) is 0 Å². The molecule has 3 aromatic rings. The molecule has 0 spiro atoms. The van der Waals surface area contributed by atoms with E-state index in [0.29, 0.717) is 12.5 Å². The minimum atomic E-state index is 0.246. The van der Waals surface area contributed by atoms with E-state index in [-0.39, 0.29) is 5.91 Å². The standard InChI is InChI=1S/C27H35N3O2/c1-2-21-12-16-23(17-13-21)32-20-8-19-30-25-10-6-5-9-24(25)29-26(30)11-4-3-7-18-28-27(31)22-14-15-22/h5-6,9-10,12-13,16-17,22H,2-4,7-8,11,14-15,18-20H2,1H3,(H,28,31). The SMILES string of the molecule is CCc1ccc(OCCCn2c(CCCCCNC(=O)C3CC3)nc3ccccc32)cc1. The van der Waals surface area contributed by atoms with Gasteiger partial charge in [0.2, 0.25) is 5.91 Å². The topological polar surface area (TPSA) is 56.1 Å². The van der Waals surface area contributed by atoms with Crippen LogP contribution in [0.15, 0.2) is 48.5 Å². The van der Waals surface area contributed by atoms with Crippen molar-refractivity contribution in [2.75, 3.05) is 13.2 Å². The van der Waals surface area contributed by atoms with Crippen molar-refractivity contribution in [2.45, 2.75) is 64.8 Å². The molecule has 0 atom stereocenters. The molecule has 1 N–H and O–H groups in total. The molecule has 1 saturated carbocycles. The fourth-order valence-electron chi connectivity index (χ4n) is 4.09. The Kier molecular flexibility index (Phi) is 7.81. The van der Waals surface area contributed by atoms with E-state index in [2.05, 4.69) is 65.3 Å². The number of para-hydroxylation sites is 2. The zero-order valence-electron chi connectivity index (χ0n) is 19.2. The van der Waals surface area contributed by atoms with Crippen LogP contribution < -0.4 is 10.1 Å². The molecule has 1 aliphatic carbocycles. The number of aromatic nitrogens is 2. The molecule has 5 nitrogen and oxygen atoms in total. The fraction of sp³-hybridized carbons (Fsp3) is 0.481. The Hall–Kier alpha value is -2.82. The number of hydrogen-bond acceptors (Lipinski definition) is 3. The molecule has 1 aliphatic rings. The van der Waals surface area contributed by atoms with Crippen molar-refractivity contribution >= 4 is 16.9 Å². The molecular weight excluding hydrogens is 398 g/mol. The number of hydrogen-bond donors (Lipinski definition) is 1. The van der Waals surface area contributed by atoms with Crippen molar-refractivity contribution in [1.82, 2.24) is 14.9 Å². The summed E-state index contributed by atoms with van der Waals surface area (Å²) in [5.74, 6) is 2.64. The summed E-state index contributed by atoms with van der Waals surface area (Å²) in [5.41, 5.74) is 3.60. The second-order valence-electron chi connectivity index (χ2n) is 8.74. The monoisotopic (exact) mass is 433 g/mol. The number of amides is 1. The van der Waals surface area contributed by atoms with Gasteiger partial charge in [-0.3, -0.25) is 4.79 Å². The first-order chi connectivity index (χ1) is 15.7. The van der Waals surface area contributed by atoms with E-state index in [1.807, 2.05) is 0 Å². The maximum Gasteiger partial charge on any atom is 0.223 e. The zero-order valence-corrected chi connectivity index (χ0v) is 19.2. The van der Waals surface area contributed by atoms with Gasteiger partial charge in [0.15, 0.2) is 0 Å². The first-order valence-corrected chi connectivity index (χ1v) is 12.2. The number of imidazole rings is 1. The highest BCUT2D eigenvalue weighted by atomic mass is 16.5. The van der Waals surface area contributed by atoms with E-state index in [1.54, 1.807) is 0 Å². The Morgan fingerprint density at radius 1 is 1.06 bits per heavy atom. The highest BCUT2D eigenvalue weighted by Gasteiger charge is 2.28. The number of rotatable bonds is 13. The smallest absolute Gasteiger partial charge is 0.223 e. The number of nitrogens with one attached hydrogen (secondary N) is 1. The van der Waals surface area contributed by atoms with Crippen LogP contribution in [-0.4, -0.2) is 28.6 Å². The third-order valence-electron chi connectivity index (χ3n) is 6.18. The largest absolute Gasteiger partial charge is 0.494 e. The van der Waals surface area contributed by atoms with Crippen LogP contribution in [0.3, 0.4) is 0 Å². The summed E-state index contributed by atoms with van der Waals surface area (Å²) in [6, 6.07) is 16.8. The predicted octanol–water partition coefficient (Wildman–Crippen LogP) is 5.31. The number of unbranched alkanes of at least 4 members (excludes halogenated alkanes) is 2. The van der Waals surface area contributed by atoms with Crippen LogP contribution in [0.5, 0.6) is 5.75 Å². The molecule has 1 fully saturated rings. The lowest BCUT2D eigenvalue weighted by Gasteiger charge is -2.11. The highest BCUT2D eigenvalue weighted by molar-refractivity contribution is 5.80. The summed E-state index contributed by atoms with van der Waals surface area (Å²) in [7, 11) is 0. The number of carbonyl (C=O) groups is 1. The first kappa shape index (κ1) is 22.4. The second kappa shape index (κ2) is 11.2. The van der Waals surface area contributed by atoms with E-state index < -0.39 is 0 Å². The Balaban J connectivity index is 1.25. The van der Waals surface area contributed by atoms with Crippen LogP contribution in [0.4, 0.5) is 0 Å². The quantitative estimate of drug-likeness (QED) is 0.372. The van der Waals surface area contributed by atoms with Gasteiger partial charge in [0, 0.05) is 25.4 Å². The molecule has 0 radical (unpaired) electrons. The summed E-state index contributed by atoms with van der Waals surface area (Å²) >= 11 is 0. The van der Waals surface area contributed by atoms with Crippen LogP contribution in [0.2, 0.25) is 0 Å². The van der Waals surface area contributed by atoms with Gasteiger partial charge in [-0.05, 0) is 68.4 Å². The van der Waals surface area contributed by atoms with Gasteiger partial charge in [-0.2, -0.15) is 0 Å². The lowest BCUT2D eigenvalue weighted by molar-refractivity contribution is -0.122. The molecule has 1 heterocycles. The molecular formula is C27H35N3O2. The van der Waals surface area contributed by atoms with Crippen molar-refractivity contribution in [3.05, 3.63) is 59.9 Å². The summed E-state index contributed by atoms with van der Waals surface area (Å²) in [6.07, 6.45) is 8.31. The van der Waals surface area contributed by atoms with Crippen LogP contribution in [0.25, 0.3) is 11.0 Å². The molecule has 5 heteroatoms. The van der Waals surface area contributed by atoms with Crippen LogP contribution in [-0.2, 0) is 24.2 Å². The molecule has 170 valence electrons. The minimum Gasteiger partial charge on any atom is -0.494 e. The van der Waals surface area contributed by atoms with Crippen molar-refractivity contribution in [2.24, 2.45) is 5.92 Å². The Bertz CT molecular complexity index is 1010. The van der Waals surface area contributed by atoms with Crippen LogP contribution in [0, 0.1) is 5.92 Å². The number of benzene rings is 2. The van der Waals surface area contributed by atoms with Crippen molar-refractivity contribution < 1.29 is 9.53 Å². The number of ether oxygens (including phenoxy) is 1. The van der Waals surface area contributed by atoms with Gasteiger partial charge in [-0.15, -0.1) is 0 Å². The van der Waals surface area contributed by atoms with E-state index in [0.717, 1.165) is 81.5 Å². The number of nitrogens with zero attached hydrogens (tertiary/aromatic N) is 2. The maximum absolute atomic E-state index is 11.7. The lowest BCUT2D eigenvalue weighted by Crippen LogP contribution is -2.25. The molecule has 2 aromatic carbocycles.